The van der Waals surface area contributed by atoms with Crippen LogP contribution in [0.15, 0.2) is 0 Å². The van der Waals surface area contributed by atoms with E-state index in [4.69, 9.17) is 5.11 Å². The third-order valence-corrected chi connectivity index (χ3v) is 7.72. The van der Waals surface area contributed by atoms with Crippen molar-refractivity contribution in [3.63, 3.8) is 0 Å². The molecule has 3 saturated carbocycles. The van der Waals surface area contributed by atoms with Gasteiger partial charge in [-0.2, -0.15) is 4.31 Å². The van der Waals surface area contributed by atoms with Gasteiger partial charge < -0.3 is 19.8 Å². The predicted molar refractivity (Wildman–Crippen MR) is 84.1 cm³/mol. The molecule has 3 aliphatic carbocycles. The van der Waals surface area contributed by atoms with Crippen molar-refractivity contribution < 1.29 is 23.1 Å². The summed E-state index contributed by atoms with van der Waals surface area (Å²) in [5.41, 5.74) is -0.564. The molecule has 2 aliphatic heterocycles. The van der Waals surface area contributed by atoms with Crippen molar-refractivity contribution in [1.82, 2.24) is 19.0 Å². The van der Waals surface area contributed by atoms with E-state index in [1.807, 2.05) is 4.90 Å². The Morgan fingerprint density at radius 3 is 2.42 bits per heavy atom. The van der Waals surface area contributed by atoms with E-state index in [-0.39, 0.29) is 23.2 Å². The summed E-state index contributed by atoms with van der Waals surface area (Å²) in [6.07, 6.45) is 2.30. The summed E-state index contributed by atoms with van der Waals surface area (Å²) in [4.78, 5) is 28.8. The van der Waals surface area contributed by atoms with Gasteiger partial charge in [-0.15, -0.1) is 0 Å². The number of amides is 3. The van der Waals surface area contributed by atoms with Crippen LogP contribution in [0.2, 0.25) is 0 Å². The molecular weight excluding hydrogens is 336 g/mol. The van der Waals surface area contributed by atoms with Crippen molar-refractivity contribution >= 4 is 22.1 Å². The number of urea groups is 1. The van der Waals surface area contributed by atoms with Crippen LogP contribution in [0.3, 0.4) is 0 Å². The fourth-order valence-corrected chi connectivity index (χ4v) is 5.83. The van der Waals surface area contributed by atoms with E-state index in [2.05, 4.69) is 0 Å². The predicted octanol–water partition coefficient (Wildman–Crippen LogP) is -0.347. The lowest BCUT2D eigenvalue weighted by atomic mass is 9.43. The Kier molecular flexibility index (Phi) is 3.02. The second-order valence-corrected chi connectivity index (χ2v) is 9.69. The maximum absolute atomic E-state index is 12.7. The molecule has 0 spiro atoms. The van der Waals surface area contributed by atoms with Gasteiger partial charge in [0, 0.05) is 38.8 Å². The molecular formula is C14H22N4O5S. The molecule has 0 radical (unpaired) electrons. The Morgan fingerprint density at radius 2 is 1.88 bits per heavy atom. The highest BCUT2D eigenvalue weighted by atomic mass is 32.2. The molecule has 1 N–H and O–H groups in total. The maximum atomic E-state index is 12.7. The number of sulfonamides is 1. The van der Waals surface area contributed by atoms with Gasteiger partial charge in [0.2, 0.25) is 10.0 Å². The maximum Gasteiger partial charge on any atom is 0.407 e. The Bertz CT molecular complexity index is 703. The number of fused-ring (bicyclic) bond motifs is 1. The van der Waals surface area contributed by atoms with E-state index in [0.717, 1.165) is 0 Å². The summed E-state index contributed by atoms with van der Waals surface area (Å²) in [5.74, 6) is 0. The molecule has 10 heteroatoms. The molecule has 2 heterocycles. The number of carboxylic acid groups (broad SMARTS) is 1. The molecule has 5 rings (SSSR count). The summed E-state index contributed by atoms with van der Waals surface area (Å²) in [6, 6.07) is -0.125. The van der Waals surface area contributed by atoms with Crippen LogP contribution in [0.1, 0.15) is 19.3 Å². The number of carbonyl (C=O) groups excluding carboxylic acids is 1. The first-order valence-corrected chi connectivity index (χ1v) is 9.93. The average molecular weight is 358 g/mol. The van der Waals surface area contributed by atoms with Crippen LogP contribution < -0.4 is 0 Å². The van der Waals surface area contributed by atoms with Crippen LogP contribution in [0, 0.1) is 0 Å². The summed E-state index contributed by atoms with van der Waals surface area (Å²) in [5, 5.41) is 9.13. The lowest BCUT2D eigenvalue weighted by Gasteiger charge is -2.74. The second-order valence-electron chi connectivity index (χ2n) is 7.68. The van der Waals surface area contributed by atoms with Crippen LogP contribution in [0.25, 0.3) is 0 Å². The van der Waals surface area contributed by atoms with Crippen LogP contribution in [0.4, 0.5) is 9.59 Å². The minimum absolute atomic E-state index is 0.0275. The summed E-state index contributed by atoms with van der Waals surface area (Å²) < 4.78 is 25.0. The third-order valence-electron chi connectivity index (χ3n) is 6.34. The largest absolute Gasteiger partial charge is 0.465 e. The molecule has 2 saturated heterocycles. The van der Waals surface area contributed by atoms with E-state index >= 15 is 0 Å². The molecule has 0 aromatic heterocycles. The van der Waals surface area contributed by atoms with Gasteiger partial charge in [0.1, 0.15) is 0 Å². The molecule has 3 amide bonds. The number of nitrogens with zero attached hydrogens (tertiary/aromatic N) is 4. The molecule has 134 valence electrons. The quantitative estimate of drug-likeness (QED) is 0.743. The number of piperazine rings is 1. The second kappa shape index (κ2) is 4.54. The van der Waals surface area contributed by atoms with Crippen molar-refractivity contribution in [2.75, 3.05) is 39.5 Å². The number of carbonyl (C=O) groups is 2. The van der Waals surface area contributed by atoms with Gasteiger partial charge in [-0.25, -0.2) is 18.0 Å². The van der Waals surface area contributed by atoms with Gasteiger partial charge in [0.25, 0.3) is 0 Å². The van der Waals surface area contributed by atoms with Gasteiger partial charge in [-0.3, -0.25) is 0 Å². The Hall–Kier alpha value is -1.55. The fourth-order valence-electron chi connectivity index (χ4n) is 4.93. The van der Waals surface area contributed by atoms with Crippen molar-refractivity contribution in [2.24, 2.45) is 0 Å². The van der Waals surface area contributed by atoms with Crippen LogP contribution in [-0.2, 0) is 10.0 Å². The number of rotatable bonds is 3. The van der Waals surface area contributed by atoms with Gasteiger partial charge >= 0.3 is 12.1 Å². The molecule has 2 bridgehead atoms. The van der Waals surface area contributed by atoms with Gasteiger partial charge in [-0.1, -0.05) is 0 Å². The first kappa shape index (κ1) is 15.9. The van der Waals surface area contributed by atoms with Crippen molar-refractivity contribution in [2.45, 2.75) is 36.4 Å². The Labute approximate surface area is 140 Å². The Balaban J connectivity index is 1.45. The molecule has 5 aliphatic rings. The minimum Gasteiger partial charge on any atom is -0.465 e. The first-order chi connectivity index (χ1) is 11.1. The summed E-state index contributed by atoms with van der Waals surface area (Å²) >= 11 is 0. The standard InChI is InChI=1S/C14H22N4O5S/c1-15(24(2,22)23)13-7-14(8-13,9-13)18-6-10-5-16(12(20)21)3-4-17(10)11(18)19/h10H,3-9H2,1-2H3,(H,20,21)/t10-,13?,14?/m0/s1. The Morgan fingerprint density at radius 1 is 1.25 bits per heavy atom. The highest BCUT2D eigenvalue weighted by molar-refractivity contribution is 7.88. The summed E-state index contributed by atoms with van der Waals surface area (Å²) in [6.45, 7) is 1.65. The molecule has 5 fully saturated rings. The van der Waals surface area contributed by atoms with Crippen molar-refractivity contribution in [1.29, 1.82) is 0 Å². The first-order valence-electron chi connectivity index (χ1n) is 8.08. The molecule has 0 aromatic carbocycles. The topological polar surface area (TPSA) is 101 Å². The number of hydrogen-bond acceptors (Lipinski definition) is 4. The SMILES string of the molecule is CN(C12CC(N3C[C@@H]4CN(C(=O)O)CCN4C3=O)(C1)C2)S(C)(=O)=O. The van der Waals surface area contributed by atoms with Gasteiger partial charge in [-0.05, 0) is 19.3 Å². The zero-order valence-electron chi connectivity index (χ0n) is 13.8. The minimum atomic E-state index is -3.24. The van der Waals surface area contributed by atoms with Crippen LogP contribution in [0.5, 0.6) is 0 Å². The third kappa shape index (κ3) is 1.92. The lowest BCUT2D eigenvalue weighted by molar-refractivity contribution is -0.185. The highest BCUT2D eigenvalue weighted by Crippen LogP contribution is 2.67. The van der Waals surface area contributed by atoms with Crippen LogP contribution >= 0.6 is 0 Å². The van der Waals surface area contributed by atoms with Gasteiger partial charge in [0.05, 0.1) is 17.8 Å². The normalized spacial score (nSPS) is 38.0. The smallest absolute Gasteiger partial charge is 0.407 e. The van der Waals surface area contributed by atoms with E-state index in [9.17, 15) is 18.0 Å². The highest BCUT2D eigenvalue weighted by Gasteiger charge is 2.75. The molecule has 24 heavy (non-hydrogen) atoms. The zero-order chi connectivity index (χ0) is 17.5. The van der Waals surface area contributed by atoms with E-state index in [0.29, 0.717) is 45.4 Å². The monoisotopic (exact) mass is 358 g/mol. The summed E-state index contributed by atoms with van der Waals surface area (Å²) in [7, 11) is -1.63. The molecule has 0 aromatic rings. The molecule has 0 unspecified atom stereocenters. The van der Waals surface area contributed by atoms with Crippen LogP contribution in [-0.4, -0.2) is 101 Å². The van der Waals surface area contributed by atoms with Crippen molar-refractivity contribution in [3.05, 3.63) is 0 Å². The molecule has 1 atom stereocenters. The van der Waals surface area contributed by atoms with Crippen molar-refractivity contribution in [3.8, 4) is 0 Å². The molecule has 9 nitrogen and oxygen atoms in total. The van der Waals surface area contributed by atoms with E-state index < -0.39 is 16.1 Å². The van der Waals surface area contributed by atoms with E-state index in [1.54, 1.807) is 11.9 Å². The lowest BCUT2D eigenvalue weighted by Crippen LogP contribution is -2.83. The number of hydrogen-bond donors (Lipinski definition) is 1. The average Bonchev–Trinajstić information content (AvgIpc) is 2.72. The van der Waals surface area contributed by atoms with E-state index in [1.165, 1.54) is 15.5 Å². The fraction of sp³-hybridized carbons (Fsp3) is 0.857. The zero-order valence-corrected chi connectivity index (χ0v) is 14.6. The van der Waals surface area contributed by atoms with Gasteiger partial charge in [0.15, 0.2) is 0 Å².